The van der Waals surface area contributed by atoms with E-state index in [9.17, 15) is 9.59 Å². The largest absolute Gasteiger partial charge is 0.324 e. The van der Waals surface area contributed by atoms with Gasteiger partial charge in [0.1, 0.15) is 0 Å². The highest BCUT2D eigenvalue weighted by molar-refractivity contribution is 7.10. The third kappa shape index (κ3) is 4.29. The highest BCUT2D eigenvalue weighted by Gasteiger charge is 2.42. The van der Waals surface area contributed by atoms with Crippen molar-refractivity contribution in [1.82, 2.24) is 14.8 Å². The Bertz CT molecular complexity index is 1240. The molecule has 1 fully saturated rings. The van der Waals surface area contributed by atoms with Gasteiger partial charge in [0, 0.05) is 29.4 Å². The van der Waals surface area contributed by atoms with Crippen molar-refractivity contribution in [1.29, 1.82) is 0 Å². The van der Waals surface area contributed by atoms with E-state index in [1.165, 1.54) is 0 Å². The standard InChI is InChI=1S/C25H23N5O2S/c1-17-5-8-19(9-6-17)30-23(31)12-10-20(24(30)21-4-2-15-33-21)25(32)28-18-7-11-22(26-16-18)29-14-3-13-27-29/h2-9,11,13-16,20,24H,10,12H2,1H3,(H,28,32). The molecular weight excluding hydrogens is 434 g/mol. The zero-order valence-corrected chi connectivity index (χ0v) is 18.9. The number of amides is 2. The third-order valence-corrected chi connectivity index (χ3v) is 6.78. The van der Waals surface area contributed by atoms with Crippen LogP contribution in [0.1, 0.15) is 29.3 Å². The van der Waals surface area contributed by atoms with Gasteiger partial charge in [-0.15, -0.1) is 11.3 Å². The molecule has 1 N–H and O–H groups in total. The summed E-state index contributed by atoms with van der Waals surface area (Å²) >= 11 is 1.56. The van der Waals surface area contributed by atoms with Crippen LogP contribution in [-0.4, -0.2) is 26.6 Å². The van der Waals surface area contributed by atoms with E-state index >= 15 is 0 Å². The maximum Gasteiger partial charge on any atom is 0.230 e. The summed E-state index contributed by atoms with van der Waals surface area (Å²) < 4.78 is 1.66. The van der Waals surface area contributed by atoms with Crippen LogP contribution in [0.25, 0.3) is 5.82 Å². The summed E-state index contributed by atoms with van der Waals surface area (Å²) in [5.74, 6) is 0.204. The van der Waals surface area contributed by atoms with E-state index in [0.29, 0.717) is 24.3 Å². The number of aromatic nitrogens is 3. The van der Waals surface area contributed by atoms with Gasteiger partial charge >= 0.3 is 0 Å². The van der Waals surface area contributed by atoms with Crippen molar-refractivity contribution in [3.05, 3.63) is 89.0 Å². The number of carbonyl (C=O) groups is 2. The Kier molecular flexibility index (Phi) is 5.75. The fourth-order valence-corrected chi connectivity index (χ4v) is 5.08. The zero-order chi connectivity index (χ0) is 22.8. The van der Waals surface area contributed by atoms with Gasteiger partial charge in [-0.3, -0.25) is 9.59 Å². The summed E-state index contributed by atoms with van der Waals surface area (Å²) in [4.78, 5) is 33.7. The molecule has 1 saturated heterocycles. The van der Waals surface area contributed by atoms with Crippen molar-refractivity contribution in [3.8, 4) is 5.82 Å². The number of anilines is 2. The molecule has 0 aliphatic carbocycles. The van der Waals surface area contributed by atoms with Gasteiger partial charge in [-0.1, -0.05) is 23.8 Å². The maximum atomic E-state index is 13.4. The molecule has 166 valence electrons. The van der Waals surface area contributed by atoms with Crippen LogP contribution in [-0.2, 0) is 9.59 Å². The number of benzene rings is 1. The summed E-state index contributed by atoms with van der Waals surface area (Å²) in [5.41, 5.74) is 2.54. The minimum atomic E-state index is -0.381. The smallest absolute Gasteiger partial charge is 0.230 e. The maximum absolute atomic E-state index is 13.4. The van der Waals surface area contributed by atoms with Gasteiger partial charge in [-0.05, 0) is 55.1 Å². The SMILES string of the molecule is Cc1ccc(N2C(=O)CCC(C(=O)Nc3ccc(-n4cccn4)nc3)C2c2cccs2)cc1. The van der Waals surface area contributed by atoms with E-state index in [4.69, 9.17) is 0 Å². The molecule has 33 heavy (non-hydrogen) atoms. The topological polar surface area (TPSA) is 80.1 Å². The summed E-state index contributed by atoms with van der Waals surface area (Å²) in [5, 5.41) is 9.16. The minimum Gasteiger partial charge on any atom is -0.324 e. The second-order valence-corrected chi connectivity index (χ2v) is 9.03. The van der Waals surface area contributed by atoms with Gasteiger partial charge in [0.05, 0.1) is 23.8 Å². The molecule has 5 rings (SSSR count). The normalized spacial score (nSPS) is 18.3. The minimum absolute atomic E-state index is 0.0338. The quantitative estimate of drug-likeness (QED) is 0.469. The van der Waals surface area contributed by atoms with Crippen LogP contribution in [0.3, 0.4) is 0 Å². The van der Waals surface area contributed by atoms with E-state index in [0.717, 1.165) is 16.1 Å². The number of piperidine rings is 1. The predicted molar refractivity (Wildman–Crippen MR) is 128 cm³/mol. The summed E-state index contributed by atoms with van der Waals surface area (Å²) in [6.45, 7) is 2.01. The molecule has 3 aromatic heterocycles. The fraction of sp³-hybridized carbons (Fsp3) is 0.200. The Morgan fingerprint density at radius 2 is 1.97 bits per heavy atom. The summed E-state index contributed by atoms with van der Waals surface area (Å²) in [6.07, 6.45) is 5.94. The first-order valence-corrected chi connectivity index (χ1v) is 11.7. The molecule has 2 unspecified atom stereocenters. The van der Waals surface area contributed by atoms with Crippen molar-refractivity contribution in [3.63, 3.8) is 0 Å². The fourth-order valence-electron chi connectivity index (χ4n) is 4.20. The number of rotatable bonds is 5. The molecule has 1 aliphatic heterocycles. The Balaban J connectivity index is 1.42. The van der Waals surface area contributed by atoms with Crippen molar-refractivity contribution >= 4 is 34.5 Å². The average molecular weight is 458 g/mol. The van der Waals surface area contributed by atoms with E-state index in [-0.39, 0.29) is 23.8 Å². The number of hydrogen-bond acceptors (Lipinski definition) is 5. The van der Waals surface area contributed by atoms with Crippen LogP contribution in [0.4, 0.5) is 11.4 Å². The number of nitrogens with one attached hydrogen (secondary N) is 1. The lowest BCUT2D eigenvalue weighted by Crippen LogP contribution is -2.46. The lowest BCUT2D eigenvalue weighted by atomic mass is 9.86. The molecule has 1 aliphatic rings. The third-order valence-electron chi connectivity index (χ3n) is 5.84. The molecule has 8 heteroatoms. The molecular formula is C25H23N5O2S. The lowest BCUT2D eigenvalue weighted by molar-refractivity contribution is -0.125. The Hall–Kier alpha value is -3.78. The first-order chi connectivity index (χ1) is 16.1. The van der Waals surface area contributed by atoms with Crippen LogP contribution in [0.2, 0.25) is 0 Å². The highest BCUT2D eigenvalue weighted by atomic mass is 32.1. The molecule has 0 radical (unpaired) electrons. The lowest BCUT2D eigenvalue weighted by Gasteiger charge is -2.40. The summed E-state index contributed by atoms with van der Waals surface area (Å²) in [6, 6.07) is 16.9. The number of carbonyl (C=O) groups excluding carboxylic acids is 2. The molecule has 7 nitrogen and oxygen atoms in total. The van der Waals surface area contributed by atoms with Crippen LogP contribution in [0.15, 0.2) is 78.6 Å². The van der Waals surface area contributed by atoms with Crippen molar-refractivity contribution < 1.29 is 9.59 Å². The first-order valence-electron chi connectivity index (χ1n) is 10.8. The number of hydrogen-bond donors (Lipinski definition) is 1. The Morgan fingerprint density at radius 1 is 1.12 bits per heavy atom. The Morgan fingerprint density at radius 3 is 2.64 bits per heavy atom. The molecule has 2 atom stereocenters. The van der Waals surface area contributed by atoms with E-state index in [1.807, 2.05) is 73.1 Å². The van der Waals surface area contributed by atoms with Gasteiger partial charge < -0.3 is 10.2 Å². The van der Waals surface area contributed by atoms with Crippen molar-refractivity contribution in [2.75, 3.05) is 10.2 Å². The molecule has 0 bridgehead atoms. The van der Waals surface area contributed by atoms with Gasteiger partial charge in [-0.2, -0.15) is 5.10 Å². The van der Waals surface area contributed by atoms with Crippen LogP contribution < -0.4 is 10.2 Å². The average Bonchev–Trinajstić information content (AvgIpc) is 3.55. The Labute approximate surface area is 195 Å². The van der Waals surface area contributed by atoms with Gasteiger partial charge in [0.25, 0.3) is 0 Å². The van der Waals surface area contributed by atoms with Gasteiger partial charge in [-0.25, -0.2) is 9.67 Å². The molecule has 0 saturated carbocycles. The van der Waals surface area contributed by atoms with Crippen LogP contribution >= 0.6 is 11.3 Å². The highest BCUT2D eigenvalue weighted by Crippen LogP contribution is 2.42. The van der Waals surface area contributed by atoms with Crippen molar-refractivity contribution in [2.45, 2.75) is 25.8 Å². The van der Waals surface area contributed by atoms with Gasteiger partial charge in [0.15, 0.2) is 5.82 Å². The number of nitrogens with zero attached hydrogens (tertiary/aromatic N) is 4. The molecule has 2 amide bonds. The van der Waals surface area contributed by atoms with Gasteiger partial charge in [0.2, 0.25) is 11.8 Å². The van der Waals surface area contributed by atoms with E-state index < -0.39 is 0 Å². The molecule has 0 spiro atoms. The van der Waals surface area contributed by atoms with Crippen LogP contribution in [0, 0.1) is 12.8 Å². The zero-order valence-electron chi connectivity index (χ0n) is 18.1. The number of pyridine rings is 1. The number of thiophene rings is 1. The van der Waals surface area contributed by atoms with Crippen LogP contribution in [0.5, 0.6) is 0 Å². The molecule has 1 aromatic carbocycles. The molecule has 4 heterocycles. The number of aryl methyl sites for hydroxylation is 1. The van der Waals surface area contributed by atoms with E-state index in [1.54, 1.807) is 33.3 Å². The molecule has 4 aromatic rings. The first kappa shape index (κ1) is 21.1. The monoisotopic (exact) mass is 457 g/mol. The second-order valence-electron chi connectivity index (χ2n) is 8.05. The summed E-state index contributed by atoms with van der Waals surface area (Å²) in [7, 11) is 0. The van der Waals surface area contributed by atoms with E-state index in [2.05, 4.69) is 15.4 Å². The van der Waals surface area contributed by atoms with Crippen molar-refractivity contribution in [2.24, 2.45) is 5.92 Å². The predicted octanol–water partition coefficient (Wildman–Crippen LogP) is 4.76. The second kappa shape index (κ2) is 8.99.